The average molecular weight is 363 g/mol. The summed E-state index contributed by atoms with van der Waals surface area (Å²) >= 11 is 6.80. The van der Waals surface area contributed by atoms with E-state index < -0.39 is 0 Å². The van der Waals surface area contributed by atoms with E-state index in [4.69, 9.17) is 4.74 Å². The maximum Gasteiger partial charge on any atom is 0.255 e. The van der Waals surface area contributed by atoms with Crippen LogP contribution in [-0.4, -0.2) is 36.6 Å². The highest BCUT2D eigenvalue weighted by Crippen LogP contribution is 2.24. The molecule has 0 saturated carbocycles. The molecule has 1 heterocycles. The first-order valence-corrected chi connectivity index (χ1v) is 7.02. The smallest absolute Gasteiger partial charge is 0.255 e. The highest BCUT2D eigenvalue weighted by molar-refractivity contribution is 9.11. The molecule has 17 heavy (non-hydrogen) atoms. The standard InChI is InChI=1S/C12H13Br2NO2/c1-8-7-17-5-4-15(8)12(16)10-3-2-9(13)6-11(10)14/h2-3,6,8H,4-5,7H2,1H3/t8-/m1/s1. The lowest BCUT2D eigenvalue weighted by Gasteiger charge is -2.33. The Hall–Kier alpha value is -0.390. The minimum Gasteiger partial charge on any atom is -0.377 e. The summed E-state index contributed by atoms with van der Waals surface area (Å²) in [6.07, 6.45) is 0. The van der Waals surface area contributed by atoms with Crippen LogP contribution in [0.1, 0.15) is 17.3 Å². The number of carbonyl (C=O) groups is 1. The first kappa shape index (κ1) is 13.1. The Kier molecular flexibility index (Phi) is 4.22. The molecule has 1 saturated heterocycles. The minimum atomic E-state index is 0.0557. The van der Waals surface area contributed by atoms with Gasteiger partial charge in [0.25, 0.3) is 5.91 Å². The molecule has 0 N–H and O–H groups in total. The molecule has 5 heteroatoms. The summed E-state index contributed by atoms with van der Waals surface area (Å²) in [6, 6.07) is 5.73. The summed E-state index contributed by atoms with van der Waals surface area (Å²) < 4.78 is 7.10. The van der Waals surface area contributed by atoms with E-state index in [1.165, 1.54) is 0 Å². The fourth-order valence-corrected chi connectivity index (χ4v) is 3.06. The predicted molar refractivity (Wildman–Crippen MR) is 73.2 cm³/mol. The third-order valence-electron chi connectivity index (χ3n) is 2.79. The lowest BCUT2D eigenvalue weighted by molar-refractivity contribution is 0.00354. The zero-order valence-electron chi connectivity index (χ0n) is 9.45. The van der Waals surface area contributed by atoms with Gasteiger partial charge in [0.05, 0.1) is 24.8 Å². The van der Waals surface area contributed by atoms with E-state index in [9.17, 15) is 4.79 Å². The van der Waals surface area contributed by atoms with Gasteiger partial charge in [-0.3, -0.25) is 4.79 Å². The third-order valence-corrected chi connectivity index (χ3v) is 3.94. The summed E-state index contributed by atoms with van der Waals surface area (Å²) in [4.78, 5) is 14.2. The van der Waals surface area contributed by atoms with Gasteiger partial charge in [0.1, 0.15) is 0 Å². The number of nitrogens with zero attached hydrogens (tertiary/aromatic N) is 1. The highest BCUT2D eigenvalue weighted by Gasteiger charge is 2.25. The van der Waals surface area contributed by atoms with Gasteiger partial charge in [-0.1, -0.05) is 15.9 Å². The van der Waals surface area contributed by atoms with Crippen molar-refractivity contribution in [3.63, 3.8) is 0 Å². The number of benzene rings is 1. The number of amides is 1. The molecule has 1 aliphatic rings. The second kappa shape index (κ2) is 5.50. The maximum absolute atomic E-state index is 12.4. The number of ether oxygens (including phenoxy) is 1. The Morgan fingerprint density at radius 2 is 2.24 bits per heavy atom. The minimum absolute atomic E-state index is 0.0557. The Balaban J connectivity index is 2.24. The molecule has 0 unspecified atom stereocenters. The van der Waals surface area contributed by atoms with Crippen LogP contribution in [0.25, 0.3) is 0 Å². The molecule has 0 aromatic heterocycles. The number of halogens is 2. The molecule has 0 bridgehead atoms. The second-order valence-corrected chi connectivity index (χ2v) is 5.82. The van der Waals surface area contributed by atoms with Crippen molar-refractivity contribution in [2.24, 2.45) is 0 Å². The third kappa shape index (κ3) is 2.89. The van der Waals surface area contributed by atoms with E-state index in [0.29, 0.717) is 25.3 Å². The Morgan fingerprint density at radius 1 is 1.47 bits per heavy atom. The molecule has 1 aromatic carbocycles. The molecule has 1 atom stereocenters. The predicted octanol–water partition coefficient (Wildman–Crippen LogP) is 3.07. The van der Waals surface area contributed by atoms with Crippen LogP contribution in [0.5, 0.6) is 0 Å². The Bertz CT molecular complexity index is 437. The fourth-order valence-electron chi connectivity index (χ4n) is 1.85. The number of morpholine rings is 1. The molecule has 3 nitrogen and oxygen atoms in total. The van der Waals surface area contributed by atoms with E-state index >= 15 is 0 Å². The van der Waals surface area contributed by atoms with E-state index in [-0.39, 0.29) is 11.9 Å². The first-order valence-electron chi connectivity index (χ1n) is 5.43. The van der Waals surface area contributed by atoms with Crippen molar-refractivity contribution in [3.05, 3.63) is 32.7 Å². The summed E-state index contributed by atoms with van der Waals surface area (Å²) in [6.45, 7) is 3.89. The number of rotatable bonds is 1. The van der Waals surface area contributed by atoms with Gasteiger partial charge >= 0.3 is 0 Å². The van der Waals surface area contributed by atoms with Crippen molar-refractivity contribution in [1.29, 1.82) is 0 Å². The lowest BCUT2D eigenvalue weighted by atomic mass is 10.1. The molecule has 1 amide bonds. The fraction of sp³-hybridized carbons (Fsp3) is 0.417. The van der Waals surface area contributed by atoms with Crippen molar-refractivity contribution >= 4 is 37.8 Å². The molecule has 1 aliphatic heterocycles. The van der Waals surface area contributed by atoms with Gasteiger partial charge in [-0.05, 0) is 41.1 Å². The SMILES string of the molecule is C[C@@H]1COCCN1C(=O)c1ccc(Br)cc1Br. The summed E-state index contributed by atoms with van der Waals surface area (Å²) in [5, 5.41) is 0. The maximum atomic E-state index is 12.4. The molecule has 0 radical (unpaired) electrons. The van der Waals surface area contributed by atoms with E-state index in [1.807, 2.05) is 30.0 Å². The van der Waals surface area contributed by atoms with Crippen LogP contribution in [0.4, 0.5) is 0 Å². The van der Waals surface area contributed by atoms with Gasteiger partial charge in [0.2, 0.25) is 0 Å². The van der Waals surface area contributed by atoms with Crippen LogP contribution >= 0.6 is 31.9 Å². The quantitative estimate of drug-likeness (QED) is 0.768. The molecule has 0 aliphatic carbocycles. The summed E-state index contributed by atoms with van der Waals surface area (Å²) in [5.41, 5.74) is 0.696. The summed E-state index contributed by atoms with van der Waals surface area (Å²) in [5.74, 6) is 0.0557. The lowest BCUT2D eigenvalue weighted by Crippen LogP contribution is -2.47. The van der Waals surface area contributed by atoms with Gasteiger partial charge in [-0.2, -0.15) is 0 Å². The molecule has 1 aromatic rings. The van der Waals surface area contributed by atoms with Crippen molar-refractivity contribution in [2.45, 2.75) is 13.0 Å². The largest absolute Gasteiger partial charge is 0.377 e. The van der Waals surface area contributed by atoms with Crippen LogP contribution in [0.15, 0.2) is 27.1 Å². The van der Waals surface area contributed by atoms with Crippen molar-refractivity contribution < 1.29 is 9.53 Å². The topological polar surface area (TPSA) is 29.5 Å². The van der Waals surface area contributed by atoms with E-state index in [2.05, 4.69) is 31.9 Å². The van der Waals surface area contributed by atoms with Crippen LogP contribution in [0.2, 0.25) is 0 Å². The van der Waals surface area contributed by atoms with Crippen molar-refractivity contribution in [2.75, 3.05) is 19.8 Å². The molecule has 92 valence electrons. The molecule has 0 spiro atoms. The Morgan fingerprint density at radius 3 is 2.88 bits per heavy atom. The van der Waals surface area contributed by atoms with Crippen LogP contribution in [0.3, 0.4) is 0 Å². The zero-order chi connectivity index (χ0) is 12.4. The Labute approximate surface area is 117 Å². The highest BCUT2D eigenvalue weighted by atomic mass is 79.9. The number of hydrogen-bond donors (Lipinski definition) is 0. The first-order chi connectivity index (χ1) is 8.09. The van der Waals surface area contributed by atoms with E-state index in [0.717, 1.165) is 8.95 Å². The van der Waals surface area contributed by atoms with Crippen LogP contribution < -0.4 is 0 Å². The second-order valence-electron chi connectivity index (χ2n) is 4.05. The average Bonchev–Trinajstić information content (AvgIpc) is 2.29. The normalized spacial score (nSPS) is 20.4. The zero-order valence-corrected chi connectivity index (χ0v) is 12.6. The van der Waals surface area contributed by atoms with Gasteiger partial charge in [0, 0.05) is 15.5 Å². The van der Waals surface area contributed by atoms with E-state index in [1.54, 1.807) is 0 Å². The number of hydrogen-bond acceptors (Lipinski definition) is 2. The van der Waals surface area contributed by atoms with Crippen molar-refractivity contribution in [1.82, 2.24) is 4.90 Å². The molecular formula is C12H13Br2NO2. The van der Waals surface area contributed by atoms with Crippen LogP contribution in [-0.2, 0) is 4.74 Å². The molecular weight excluding hydrogens is 350 g/mol. The van der Waals surface area contributed by atoms with Crippen molar-refractivity contribution in [3.8, 4) is 0 Å². The number of carbonyl (C=O) groups excluding carboxylic acids is 1. The van der Waals surface area contributed by atoms with Gasteiger partial charge in [0.15, 0.2) is 0 Å². The van der Waals surface area contributed by atoms with Gasteiger partial charge < -0.3 is 9.64 Å². The summed E-state index contributed by atoms with van der Waals surface area (Å²) in [7, 11) is 0. The molecule has 1 fully saturated rings. The van der Waals surface area contributed by atoms with Crippen LogP contribution in [0, 0.1) is 0 Å². The van der Waals surface area contributed by atoms with Gasteiger partial charge in [-0.25, -0.2) is 0 Å². The monoisotopic (exact) mass is 361 g/mol. The van der Waals surface area contributed by atoms with Gasteiger partial charge in [-0.15, -0.1) is 0 Å². The molecule has 2 rings (SSSR count).